The second-order valence-electron chi connectivity index (χ2n) is 10.6. The predicted molar refractivity (Wildman–Crippen MR) is 100 cm³/mol. The second-order valence-corrected chi connectivity index (χ2v) is 10.6. The third-order valence-corrected chi connectivity index (χ3v) is 9.77. The Morgan fingerprint density at radius 2 is 1.77 bits per heavy atom. The quantitative estimate of drug-likeness (QED) is 0.703. The van der Waals surface area contributed by atoms with Crippen LogP contribution >= 0.6 is 0 Å². The number of carbonyl (C=O) groups excluding carboxylic acids is 1. The Hall–Kier alpha value is -0.830. The number of aliphatic hydroxyl groups excluding tert-OH is 1. The first kappa shape index (κ1) is 17.3. The Kier molecular flexibility index (Phi) is 3.88. The summed E-state index contributed by atoms with van der Waals surface area (Å²) in [6, 6.07) is 0. The van der Waals surface area contributed by atoms with Crippen LogP contribution in [0.1, 0.15) is 71.6 Å². The first-order valence-corrected chi connectivity index (χ1v) is 11.0. The first-order valence-electron chi connectivity index (χ1n) is 11.0. The van der Waals surface area contributed by atoms with E-state index < -0.39 is 0 Å². The highest BCUT2D eigenvalue weighted by molar-refractivity contribution is 5.85. The minimum Gasteiger partial charge on any atom is -0.458 e. The van der Waals surface area contributed by atoms with Crippen LogP contribution in [0.3, 0.4) is 0 Å². The summed E-state index contributed by atoms with van der Waals surface area (Å²) in [6.07, 6.45) is 12.9. The van der Waals surface area contributed by atoms with Crippen molar-refractivity contribution in [2.45, 2.75) is 77.7 Å². The fraction of sp³-hybridized carbons (Fsp3) is 0.870. The number of fused-ring (bicyclic) bond motifs is 5. The molecular weight excluding hydrogens is 324 g/mol. The van der Waals surface area contributed by atoms with E-state index in [0.717, 1.165) is 36.5 Å². The Balaban J connectivity index is 1.41. The second kappa shape index (κ2) is 5.83. The van der Waals surface area contributed by atoms with Crippen LogP contribution in [0.15, 0.2) is 11.6 Å². The summed E-state index contributed by atoms with van der Waals surface area (Å²) in [4.78, 5) is 11.6. The average Bonchev–Trinajstić information content (AvgIpc) is 3.18. The highest BCUT2D eigenvalue weighted by Crippen LogP contribution is 2.68. The van der Waals surface area contributed by atoms with Gasteiger partial charge in [0, 0.05) is 6.08 Å². The van der Waals surface area contributed by atoms with Gasteiger partial charge in [0.05, 0.1) is 6.10 Å². The molecule has 0 radical (unpaired) electrons. The number of carbonyl (C=O) groups is 1. The molecule has 8 atom stereocenters. The third kappa shape index (κ3) is 2.31. The highest BCUT2D eigenvalue weighted by atomic mass is 16.5. The molecule has 5 rings (SSSR count). The van der Waals surface area contributed by atoms with Crippen molar-refractivity contribution in [3.8, 4) is 0 Å². The number of hydrogen-bond donors (Lipinski definition) is 1. The van der Waals surface area contributed by atoms with Gasteiger partial charge in [-0.05, 0) is 104 Å². The van der Waals surface area contributed by atoms with Crippen molar-refractivity contribution in [3.63, 3.8) is 0 Å². The standard InChI is InChI=1S/C23H34O3/c1-22-9-7-16(24)12-15(22)3-4-17-19-6-5-18(14-11-21(25)26-13-14)23(19,2)10-8-20(17)22/h11,15-20,24H,3-10,12-13H2,1-2H3/t15-,16+,17-,18+,19-,20-,22-,23+/m0/s1. The molecule has 4 aliphatic carbocycles. The lowest BCUT2D eigenvalue weighted by Gasteiger charge is -2.61. The smallest absolute Gasteiger partial charge is 0.331 e. The van der Waals surface area contributed by atoms with Crippen LogP contribution in [0.5, 0.6) is 0 Å². The van der Waals surface area contributed by atoms with Gasteiger partial charge in [-0.3, -0.25) is 0 Å². The summed E-state index contributed by atoms with van der Waals surface area (Å²) < 4.78 is 5.25. The zero-order valence-corrected chi connectivity index (χ0v) is 16.4. The number of cyclic esters (lactones) is 1. The number of ether oxygens (including phenoxy) is 1. The maximum absolute atomic E-state index is 11.6. The molecule has 0 unspecified atom stereocenters. The van der Waals surface area contributed by atoms with Crippen molar-refractivity contribution in [1.29, 1.82) is 0 Å². The number of rotatable bonds is 1. The van der Waals surface area contributed by atoms with Crippen molar-refractivity contribution >= 4 is 5.97 Å². The van der Waals surface area contributed by atoms with Crippen LogP contribution in [-0.2, 0) is 9.53 Å². The molecule has 0 aromatic heterocycles. The Morgan fingerprint density at radius 3 is 2.54 bits per heavy atom. The van der Waals surface area contributed by atoms with Gasteiger partial charge in [-0.15, -0.1) is 0 Å². The normalized spacial score (nSPS) is 53.3. The van der Waals surface area contributed by atoms with Crippen LogP contribution in [0.2, 0.25) is 0 Å². The molecule has 3 heteroatoms. The lowest BCUT2D eigenvalue weighted by molar-refractivity contribution is -0.135. The SMILES string of the molecule is C[C@]12CC[C@@H](O)C[C@@H]1CC[C@@H]1[C@@H]2CC[C@]2(C)[C@@H](C3=CC(=O)OC3)CC[C@@H]12. The molecule has 0 aromatic carbocycles. The van der Waals surface area contributed by atoms with Crippen molar-refractivity contribution in [2.75, 3.05) is 6.61 Å². The van der Waals surface area contributed by atoms with Gasteiger partial charge in [-0.2, -0.15) is 0 Å². The molecule has 0 bridgehead atoms. The van der Waals surface area contributed by atoms with Crippen LogP contribution in [0.4, 0.5) is 0 Å². The summed E-state index contributed by atoms with van der Waals surface area (Å²) in [6.45, 7) is 5.62. The fourth-order valence-corrected chi connectivity index (χ4v) is 8.43. The molecule has 4 fully saturated rings. The molecule has 3 nitrogen and oxygen atoms in total. The van der Waals surface area contributed by atoms with Gasteiger partial charge in [0.2, 0.25) is 0 Å². The lowest BCUT2D eigenvalue weighted by Crippen LogP contribution is -2.54. The summed E-state index contributed by atoms with van der Waals surface area (Å²) in [5, 5.41) is 10.2. The van der Waals surface area contributed by atoms with E-state index in [1.165, 1.54) is 50.5 Å². The monoisotopic (exact) mass is 358 g/mol. The molecule has 26 heavy (non-hydrogen) atoms. The van der Waals surface area contributed by atoms with Crippen molar-refractivity contribution < 1.29 is 14.6 Å². The number of esters is 1. The van der Waals surface area contributed by atoms with Gasteiger partial charge in [-0.1, -0.05) is 13.8 Å². The van der Waals surface area contributed by atoms with Crippen LogP contribution in [0.25, 0.3) is 0 Å². The van der Waals surface area contributed by atoms with Gasteiger partial charge in [0.25, 0.3) is 0 Å². The van der Waals surface area contributed by atoms with E-state index in [-0.39, 0.29) is 12.1 Å². The van der Waals surface area contributed by atoms with Crippen LogP contribution < -0.4 is 0 Å². The van der Waals surface area contributed by atoms with E-state index in [9.17, 15) is 9.90 Å². The minimum absolute atomic E-state index is 0.0545. The average molecular weight is 359 g/mol. The molecule has 1 aliphatic heterocycles. The highest BCUT2D eigenvalue weighted by Gasteiger charge is 2.60. The van der Waals surface area contributed by atoms with E-state index in [4.69, 9.17) is 4.74 Å². The van der Waals surface area contributed by atoms with Gasteiger partial charge in [0.1, 0.15) is 6.61 Å². The van der Waals surface area contributed by atoms with Gasteiger partial charge in [-0.25, -0.2) is 4.79 Å². The zero-order valence-electron chi connectivity index (χ0n) is 16.4. The summed E-state index contributed by atoms with van der Waals surface area (Å²) >= 11 is 0. The minimum atomic E-state index is -0.130. The molecule has 0 amide bonds. The molecule has 1 heterocycles. The topological polar surface area (TPSA) is 46.5 Å². The molecule has 144 valence electrons. The lowest BCUT2D eigenvalue weighted by atomic mass is 9.44. The van der Waals surface area contributed by atoms with Gasteiger partial charge >= 0.3 is 5.97 Å². The molecular formula is C23H34O3. The number of aliphatic hydroxyl groups is 1. The molecule has 1 N–H and O–H groups in total. The van der Waals surface area contributed by atoms with E-state index in [1.807, 2.05) is 0 Å². The Morgan fingerprint density at radius 1 is 1.00 bits per heavy atom. The Labute approximate surface area is 157 Å². The Bertz CT molecular complexity index is 639. The van der Waals surface area contributed by atoms with Crippen LogP contribution in [0, 0.1) is 40.4 Å². The van der Waals surface area contributed by atoms with Crippen molar-refractivity contribution in [1.82, 2.24) is 0 Å². The largest absolute Gasteiger partial charge is 0.458 e. The molecule has 0 saturated heterocycles. The molecule has 0 spiro atoms. The molecule has 0 aromatic rings. The van der Waals surface area contributed by atoms with E-state index in [1.54, 1.807) is 6.08 Å². The third-order valence-electron chi connectivity index (χ3n) is 9.77. The number of hydrogen-bond acceptors (Lipinski definition) is 3. The summed E-state index contributed by atoms with van der Waals surface area (Å²) in [7, 11) is 0. The van der Waals surface area contributed by atoms with E-state index in [2.05, 4.69) is 13.8 Å². The predicted octanol–water partition coefficient (Wildman–Crippen LogP) is 4.49. The fourth-order valence-electron chi connectivity index (χ4n) is 8.43. The molecule has 4 saturated carbocycles. The maximum Gasteiger partial charge on any atom is 0.331 e. The first-order chi connectivity index (χ1) is 12.4. The maximum atomic E-state index is 11.6. The summed E-state index contributed by atoms with van der Waals surface area (Å²) in [5.41, 5.74) is 2.09. The van der Waals surface area contributed by atoms with E-state index >= 15 is 0 Å². The molecule has 5 aliphatic rings. The van der Waals surface area contributed by atoms with Crippen LogP contribution in [-0.4, -0.2) is 23.8 Å². The van der Waals surface area contributed by atoms with Gasteiger partial charge < -0.3 is 9.84 Å². The van der Waals surface area contributed by atoms with Gasteiger partial charge in [0.15, 0.2) is 0 Å². The van der Waals surface area contributed by atoms with Crippen molar-refractivity contribution in [3.05, 3.63) is 11.6 Å². The zero-order chi connectivity index (χ0) is 18.1. The van der Waals surface area contributed by atoms with E-state index in [0.29, 0.717) is 23.4 Å². The van der Waals surface area contributed by atoms with Crippen molar-refractivity contribution in [2.24, 2.45) is 40.4 Å². The summed E-state index contributed by atoms with van der Waals surface area (Å²) in [5.74, 6) is 3.67.